The Bertz CT molecular complexity index is 7080. The van der Waals surface area contributed by atoms with Crippen LogP contribution in [0.15, 0.2) is 437 Å². The van der Waals surface area contributed by atoms with E-state index in [0.29, 0.717) is 0 Å². The highest BCUT2D eigenvalue weighted by molar-refractivity contribution is 6.02. The van der Waals surface area contributed by atoms with Gasteiger partial charge in [0.05, 0.1) is 5.69 Å². The van der Waals surface area contributed by atoms with E-state index in [4.69, 9.17) is 0 Å². The van der Waals surface area contributed by atoms with Gasteiger partial charge in [-0.25, -0.2) is 0 Å². The van der Waals surface area contributed by atoms with Gasteiger partial charge >= 0.3 is 0 Å². The number of hydrogen-bond donors (Lipinski definition) is 0. The summed E-state index contributed by atoms with van der Waals surface area (Å²) in [4.78, 5) is 4.83. The zero-order valence-electron chi connectivity index (χ0n) is 66.5. The Hall–Kier alpha value is -14.7. The van der Waals surface area contributed by atoms with E-state index >= 15 is 0 Å². The van der Waals surface area contributed by atoms with E-state index in [0.717, 1.165) is 56.4 Å². The molecule has 0 fully saturated rings. The van der Waals surface area contributed by atoms with Crippen molar-refractivity contribution in [2.24, 2.45) is 0 Å². The van der Waals surface area contributed by atoms with Crippen LogP contribution < -0.4 is 9.80 Å². The average Bonchev–Trinajstić information content (AvgIpc) is 1.60. The van der Waals surface area contributed by atoms with Gasteiger partial charge in [0.25, 0.3) is 0 Å². The number of para-hydroxylation sites is 1. The van der Waals surface area contributed by atoms with Crippen molar-refractivity contribution in [1.29, 1.82) is 0 Å². The van der Waals surface area contributed by atoms with Crippen molar-refractivity contribution in [2.45, 2.75) is 38.5 Å². The molecule has 2 nitrogen and oxygen atoms in total. The molecule has 0 bridgehead atoms. The minimum Gasteiger partial charge on any atom is -0.310 e. The smallest absolute Gasteiger partial charge is 0.0540 e. The van der Waals surface area contributed by atoms with Gasteiger partial charge in [-0.3, -0.25) is 0 Å². The molecule has 19 aromatic carbocycles. The molecule has 2 aliphatic rings. The third kappa shape index (κ3) is 12.7. The highest BCUT2D eigenvalue weighted by atomic mass is 15.1. The van der Waals surface area contributed by atoms with E-state index in [-0.39, 0.29) is 10.8 Å². The maximum absolute atomic E-state index is 2.46. The number of nitrogens with zero attached hydrogens (tertiary/aromatic N) is 2. The van der Waals surface area contributed by atoms with Crippen LogP contribution >= 0.6 is 0 Å². The van der Waals surface area contributed by atoms with Crippen LogP contribution in [0, 0.1) is 0 Å². The first kappa shape index (κ1) is 71.1. The van der Waals surface area contributed by atoms with Gasteiger partial charge < -0.3 is 9.80 Å². The molecule has 118 heavy (non-hydrogen) atoms. The molecule has 0 aliphatic heterocycles. The second-order valence-corrected chi connectivity index (χ2v) is 32.7. The van der Waals surface area contributed by atoms with Gasteiger partial charge in [0.1, 0.15) is 0 Å². The Balaban J connectivity index is 0.561. The number of fused-ring (bicyclic) bond motifs is 8. The number of rotatable bonds is 16. The lowest BCUT2D eigenvalue weighted by Gasteiger charge is -2.28. The first-order chi connectivity index (χ1) is 58.0. The summed E-state index contributed by atoms with van der Waals surface area (Å²) in [6, 6.07) is 162. The van der Waals surface area contributed by atoms with Crippen LogP contribution in [0.2, 0.25) is 0 Å². The maximum Gasteiger partial charge on any atom is 0.0540 e. The molecule has 21 rings (SSSR count). The van der Waals surface area contributed by atoms with Gasteiger partial charge in [0.15, 0.2) is 0 Å². The molecule has 0 heterocycles. The first-order valence-corrected chi connectivity index (χ1v) is 41.2. The number of hydrogen-bond acceptors (Lipinski definition) is 2. The van der Waals surface area contributed by atoms with Crippen LogP contribution in [0.3, 0.4) is 0 Å². The topological polar surface area (TPSA) is 6.48 Å². The first-order valence-electron chi connectivity index (χ1n) is 41.2. The normalized spacial score (nSPS) is 12.7. The SMILES string of the molecule is CC1(C)c2ccccc2-c2ccc(-c3ccc(N(c4cccc(-c5cccc(-c6cccc7cc(-c8ccc9c(c8)C(C)(C)c8cc(-c%10ccc(N(c%11ccc(-c%12ccccc%12-c%12ccccc%12)cc%11)c%11cccc(-c%12cccc(-c%13cccc%14ccccc%13%14)c%12)c%11)cc%10)ccc8-9)ccc67)c5)c4)c4ccccc4-c4ccccc4)cc3)cc21. The van der Waals surface area contributed by atoms with E-state index in [9.17, 15) is 0 Å². The van der Waals surface area contributed by atoms with Crippen molar-refractivity contribution in [1.82, 2.24) is 0 Å². The van der Waals surface area contributed by atoms with Crippen LogP contribution in [0.25, 0.3) is 155 Å². The fourth-order valence-corrected chi connectivity index (χ4v) is 19.0. The quantitative estimate of drug-likeness (QED) is 0.0951. The van der Waals surface area contributed by atoms with Crippen LogP contribution in [0.5, 0.6) is 0 Å². The Morgan fingerprint density at radius 3 is 1.02 bits per heavy atom. The molecule has 0 radical (unpaired) electrons. The van der Waals surface area contributed by atoms with Crippen molar-refractivity contribution in [3.8, 4) is 134 Å². The van der Waals surface area contributed by atoms with E-state index in [2.05, 4.69) is 474 Å². The number of benzene rings is 19. The highest BCUT2D eigenvalue weighted by Gasteiger charge is 2.37. The predicted octanol–water partition coefficient (Wildman–Crippen LogP) is 32.2. The summed E-state index contributed by atoms with van der Waals surface area (Å²) in [5, 5.41) is 4.92. The summed E-state index contributed by atoms with van der Waals surface area (Å²) in [6.07, 6.45) is 0. The zero-order valence-corrected chi connectivity index (χ0v) is 66.5. The Kier molecular flexibility index (Phi) is 17.7. The maximum atomic E-state index is 2.46. The minimum atomic E-state index is -0.249. The summed E-state index contributed by atoms with van der Waals surface area (Å²) in [6.45, 7) is 9.51. The van der Waals surface area contributed by atoms with Gasteiger partial charge in [-0.2, -0.15) is 0 Å². The standard InChI is InChI=1S/C116H84N2/c1-115(2)110-47-17-15-44-106(110)107-66-56-88(74-111(107)115)78-51-61-96(62-52-78)118(114-48-18-16-43-105(114)81-27-9-6-10-28-81)98-39-22-34-86(73-98)84-32-20-36-92(70-84)103-46-24-37-93-71-87(55-65-104(93)103)90-58-68-109-108-67-57-89(75-112(108)116(3,4)113(109)76-90)77-49-59-94(60-50-77)117(95-63-53-82(54-64-95)101-42-14-13-41-99(101)79-25-7-5-8-26-79)97-38-21-33-85(72-97)83-31-19-35-91(69-83)102-45-23-30-80-29-11-12-40-100(80)102/h5-76H,1-4H3. The average molecular weight is 1510 g/mol. The van der Waals surface area contributed by atoms with Crippen molar-refractivity contribution in [3.05, 3.63) is 459 Å². The highest BCUT2D eigenvalue weighted by Crippen LogP contribution is 2.54. The summed E-state index contributed by atoms with van der Waals surface area (Å²) in [7, 11) is 0. The minimum absolute atomic E-state index is 0.0793. The van der Waals surface area contributed by atoms with Crippen LogP contribution in [-0.4, -0.2) is 0 Å². The lowest BCUT2D eigenvalue weighted by molar-refractivity contribution is 0.660. The van der Waals surface area contributed by atoms with Gasteiger partial charge in [-0.05, 0) is 275 Å². The van der Waals surface area contributed by atoms with Crippen molar-refractivity contribution in [3.63, 3.8) is 0 Å². The lowest BCUT2D eigenvalue weighted by Crippen LogP contribution is -2.15. The van der Waals surface area contributed by atoms with E-state index in [1.165, 1.54) is 155 Å². The van der Waals surface area contributed by atoms with Crippen molar-refractivity contribution in [2.75, 3.05) is 9.80 Å². The third-order valence-corrected chi connectivity index (χ3v) is 25.1. The molecule has 0 amide bonds. The summed E-state index contributed by atoms with van der Waals surface area (Å²) in [5.41, 5.74) is 40.7. The van der Waals surface area contributed by atoms with Gasteiger partial charge in [0.2, 0.25) is 0 Å². The molecule has 19 aromatic rings. The third-order valence-electron chi connectivity index (χ3n) is 25.1. The molecule has 0 unspecified atom stereocenters. The fourth-order valence-electron chi connectivity index (χ4n) is 19.0. The molecule has 0 saturated carbocycles. The molecule has 2 heteroatoms. The molecule has 558 valence electrons. The second-order valence-electron chi connectivity index (χ2n) is 32.7. The Labute approximate surface area is 691 Å². The Morgan fingerprint density at radius 1 is 0.153 bits per heavy atom. The van der Waals surface area contributed by atoms with Crippen LogP contribution in [0.4, 0.5) is 34.1 Å². The summed E-state index contributed by atoms with van der Waals surface area (Å²) >= 11 is 0. The molecule has 0 atom stereocenters. The van der Waals surface area contributed by atoms with E-state index in [1.807, 2.05) is 0 Å². The Morgan fingerprint density at radius 2 is 0.466 bits per heavy atom. The van der Waals surface area contributed by atoms with E-state index < -0.39 is 0 Å². The zero-order chi connectivity index (χ0) is 79.0. The van der Waals surface area contributed by atoms with Crippen molar-refractivity contribution < 1.29 is 0 Å². The summed E-state index contributed by atoms with van der Waals surface area (Å²) in [5.74, 6) is 0. The van der Waals surface area contributed by atoms with Gasteiger partial charge in [0, 0.05) is 44.8 Å². The predicted molar refractivity (Wildman–Crippen MR) is 500 cm³/mol. The number of anilines is 6. The van der Waals surface area contributed by atoms with Crippen LogP contribution in [0.1, 0.15) is 49.9 Å². The molecule has 0 spiro atoms. The molecule has 2 aliphatic carbocycles. The van der Waals surface area contributed by atoms with E-state index in [1.54, 1.807) is 0 Å². The monoisotopic (exact) mass is 1500 g/mol. The molecular weight excluding hydrogens is 1420 g/mol. The van der Waals surface area contributed by atoms with Crippen LogP contribution in [-0.2, 0) is 10.8 Å². The molecular formula is C116H84N2. The molecule has 0 saturated heterocycles. The largest absolute Gasteiger partial charge is 0.310 e. The fraction of sp³-hybridized carbons (Fsp3) is 0.0517. The summed E-state index contributed by atoms with van der Waals surface area (Å²) < 4.78 is 0. The second kappa shape index (κ2) is 29.3. The van der Waals surface area contributed by atoms with Crippen molar-refractivity contribution >= 4 is 55.7 Å². The van der Waals surface area contributed by atoms with Gasteiger partial charge in [-0.15, -0.1) is 0 Å². The lowest BCUT2D eigenvalue weighted by atomic mass is 9.80. The molecule has 0 N–H and O–H groups in total. The van der Waals surface area contributed by atoms with Gasteiger partial charge in [-0.1, -0.05) is 361 Å². The molecule has 0 aromatic heterocycles.